The zero-order valence-corrected chi connectivity index (χ0v) is 10.1. The summed E-state index contributed by atoms with van der Waals surface area (Å²) >= 11 is 0. The van der Waals surface area contributed by atoms with Gasteiger partial charge in [-0.2, -0.15) is 0 Å². The fourth-order valence-corrected chi connectivity index (χ4v) is 1.90. The zero-order chi connectivity index (χ0) is 11.9. The van der Waals surface area contributed by atoms with Gasteiger partial charge in [0.2, 0.25) is 5.91 Å². The molecule has 0 aliphatic carbocycles. The van der Waals surface area contributed by atoms with Crippen molar-refractivity contribution in [2.45, 2.75) is 26.2 Å². The van der Waals surface area contributed by atoms with Crippen molar-refractivity contribution >= 4 is 5.91 Å². The number of carbonyl (C=O) groups is 1. The Balaban J connectivity index is 2.20. The fraction of sp³-hybridized carbons (Fsp3) is 0.750. The van der Waals surface area contributed by atoms with Crippen LogP contribution < -0.4 is 10.6 Å². The van der Waals surface area contributed by atoms with Gasteiger partial charge in [-0.05, 0) is 32.7 Å². The van der Waals surface area contributed by atoms with E-state index in [2.05, 4.69) is 17.2 Å². The lowest BCUT2D eigenvalue weighted by molar-refractivity contribution is -0.131. The Morgan fingerprint density at radius 1 is 1.69 bits per heavy atom. The average molecular weight is 226 g/mol. The van der Waals surface area contributed by atoms with Gasteiger partial charge in [-0.15, -0.1) is 0 Å². The first kappa shape index (κ1) is 13.0. The molecule has 1 unspecified atom stereocenters. The van der Waals surface area contributed by atoms with Gasteiger partial charge in [-0.1, -0.05) is 6.58 Å². The molecular weight excluding hydrogens is 204 g/mol. The van der Waals surface area contributed by atoms with E-state index in [-0.39, 0.29) is 11.3 Å². The molecule has 92 valence electrons. The van der Waals surface area contributed by atoms with Crippen molar-refractivity contribution in [2.24, 2.45) is 5.41 Å². The van der Waals surface area contributed by atoms with Crippen LogP contribution in [0.3, 0.4) is 0 Å². The monoisotopic (exact) mass is 226 g/mol. The van der Waals surface area contributed by atoms with Gasteiger partial charge in [0, 0.05) is 13.1 Å². The minimum Gasteiger partial charge on any atom is -0.502 e. The van der Waals surface area contributed by atoms with E-state index >= 15 is 0 Å². The maximum Gasteiger partial charge on any atom is 0.227 e. The highest BCUT2D eigenvalue weighted by atomic mass is 16.5. The topological polar surface area (TPSA) is 50.4 Å². The summed E-state index contributed by atoms with van der Waals surface area (Å²) < 4.78 is 4.99. The van der Waals surface area contributed by atoms with Crippen molar-refractivity contribution in [1.29, 1.82) is 0 Å². The van der Waals surface area contributed by atoms with Crippen LogP contribution in [-0.4, -0.2) is 32.1 Å². The van der Waals surface area contributed by atoms with Crippen molar-refractivity contribution in [3.05, 3.63) is 12.8 Å². The molecule has 2 N–H and O–H groups in total. The second kappa shape index (κ2) is 6.53. The van der Waals surface area contributed by atoms with Gasteiger partial charge < -0.3 is 15.4 Å². The van der Waals surface area contributed by atoms with Gasteiger partial charge in [0.25, 0.3) is 0 Å². The molecule has 1 saturated heterocycles. The Bertz CT molecular complexity index is 235. The first-order valence-electron chi connectivity index (χ1n) is 5.90. The molecule has 1 aliphatic rings. The van der Waals surface area contributed by atoms with Crippen LogP contribution in [0, 0.1) is 5.41 Å². The molecule has 1 atom stereocenters. The molecule has 1 amide bonds. The second-order valence-corrected chi connectivity index (χ2v) is 4.49. The van der Waals surface area contributed by atoms with E-state index in [1.807, 2.05) is 6.92 Å². The van der Waals surface area contributed by atoms with Crippen LogP contribution in [0.2, 0.25) is 0 Å². The molecule has 1 aliphatic heterocycles. The van der Waals surface area contributed by atoms with Crippen LogP contribution in [0.4, 0.5) is 0 Å². The number of hydrogen-bond donors (Lipinski definition) is 2. The van der Waals surface area contributed by atoms with Crippen molar-refractivity contribution in [2.75, 3.05) is 26.2 Å². The average Bonchev–Trinajstić information content (AvgIpc) is 2.29. The van der Waals surface area contributed by atoms with Crippen LogP contribution in [-0.2, 0) is 9.53 Å². The highest BCUT2D eigenvalue weighted by Gasteiger charge is 2.34. The van der Waals surface area contributed by atoms with E-state index in [0.29, 0.717) is 13.2 Å². The first-order chi connectivity index (χ1) is 7.69. The van der Waals surface area contributed by atoms with E-state index in [1.165, 1.54) is 6.26 Å². The van der Waals surface area contributed by atoms with Crippen LogP contribution in [0.15, 0.2) is 12.8 Å². The number of ether oxygens (including phenoxy) is 1. The van der Waals surface area contributed by atoms with E-state index in [4.69, 9.17) is 4.74 Å². The molecule has 0 saturated carbocycles. The molecule has 1 rings (SSSR count). The lowest BCUT2D eigenvalue weighted by Gasteiger charge is -2.32. The van der Waals surface area contributed by atoms with E-state index in [0.717, 1.165) is 32.4 Å². The molecule has 0 aromatic rings. The smallest absolute Gasteiger partial charge is 0.227 e. The number of rotatable bonds is 6. The standard InChI is InChI=1S/C12H22N2O2/c1-3-16-9-5-8-14-11(15)12(2)6-4-7-13-10-12/h3,13H,1,4-10H2,2H3,(H,14,15). The lowest BCUT2D eigenvalue weighted by Crippen LogP contribution is -2.48. The molecular formula is C12H22N2O2. The van der Waals surface area contributed by atoms with Crippen molar-refractivity contribution < 1.29 is 9.53 Å². The number of nitrogens with one attached hydrogen (secondary N) is 2. The third-order valence-electron chi connectivity index (χ3n) is 2.99. The number of piperidine rings is 1. The molecule has 1 heterocycles. The van der Waals surface area contributed by atoms with Gasteiger partial charge in [0.1, 0.15) is 0 Å². The maximum absolute atomic E-state index is 11.9. The minimum absolute atomic E-state index is 0.151. The number of carbonyl (C=O) groups excluding carboxylic acids is 1. The van der Waals surface area contributed by atoms with Crippen LogP contribution >= 0.6 is 0 Å². The van der Waals surface area contributed by atoms with Gasteiger partial charge in [-0.3, -0.25) is 4.79 Å². The maximum atomic E-state index is 11.9. The van der Waals surface area contributed by atoms with Gasteiger partial charge in [-0.25, -0.2) is 0 Å². The Kier molecular flexibility index (Phi) is 5.32. The molecule has 4 heteroatoms. The normalized spacial score (nSPS) is 24.8. The molecule has 0 spiro atoms. The molecule has 0 radical (unpaired) electrons. The first-order valence-corrected chi connectivity index (χ1v) is 5.90. The van der Waals surface area contributed by atoms with E-state index in [1.54, 1.807) is 0 Å². The Morgan fingerprint density at radius 2 is 2.50 bits per heavy atom. The molecule has 0 aromatic carbocycles. The number of amides is 1. The van der Waals surface area contributed by atoms with Crippen LogP contribution in [0.5, 0.6) is 0 Å². The van der Waals surface area contributed by atoms with Gasteiger partial charge in [0.15, 0.2) is 0 Å². The summed E-state index contributed by atoms with van der Waals surface area (Å²) in [5.41, 5.74) is -0.239. The second-order valence-electron chi connectivity index (χ2n) is 4.49. The fourth-order valence-electron chi connectivity index (χ4n) is 1.90. The largest absolute Gasteiger partial charge is 0.502 e. The Morgan fingerprint density at radius 3 is 3.12 bits per heavy atom. The Hall–Kier alpha value is -1.03. The van der Waals surface area contributed by atoms with Crippen LogP contribution in [0.25, 0.3) is 0 Å². The third kappa shape index (κ3) is 3.85. The predicted octanol–water partition coefficient (Wildman–Crippen LogP) is 1.04. The van der Waals surface area contributed by atoms with E-state index in [9.17, 15) is 4.79 Å². The molecule has 4 nitrogen and oxygen atoms in total. The van der Waals surface area contributed by atoms with Crippen LogP contribution in [0.1, 0.15) is 26.2 Å². The summed E-state index contributed by atoms with van der Waals surface area (Å²) in [6.07, 6.45) is 4.29. The zero-order valence-electron chi connectivity index (χ0n) is 10.1. The lowest BCUT2D eigenvalue weighted by atomic mass is 9.82. The summed E-state index contributed by atoms with van der Waals surface area (Å²) in [5, 5.41) is 6.23. The van der Waals surface area contributed by atoms with Gasteiger partial charge >= 0.3 is 0 Å². The highest BCUT2D eigenvalue weighted by Crippen LogP contribution is 2.25. The van der Waals surface area contributed by atoms with E-state index < -0.39 is 0 Å². The molecule has 0 aromatic heterocycles. The predicted molar refractivity (Wildman–Crippen MR) is 64.0 cm³/mol. The molecule has 0 bridgehead atoms. The third-order valence-corrected chi connectivity index (χ3v) is 2.99. The summed E-state index contributed by atoms with van der Waals surface area (Å²) in [5.74, 6) is 0.151. The van der Waals surface area contributed by atoms with Crippen molar-refractivity contribution in [3.63, 3.8) is 0 Å². The summed E-state index contributed by atoms with van der Waals surface area (Å²) in [4.78, 5) is 11.9. The summed E-state index contributed by atoms with van der Waals surface area (Å²) in [6.45, 7) is 8.57. The number of hydrogen-bond acceptors (Lipinski definition) is 3. The Labute approximate surface area is 97.4 Å². The minimum atomic E-state index is -0.239. The van der Waals surface area contributed by atoms with Crippen molar-refractivity contribution in [3.8, 4) is 0 Å². The SMILES string of the molecule is C=COCCCNC(=O)C1(C)CCCNC1. The van der Waals surface area contributed by atoms with Gasteiger partial charge in [0.05, 0.1) is 18.3 Å². The van der Waals surface area contributed by atoms with Crippen molar-refractivity contribution in [1.82, 2.24) is 10.6 Å². The quantitative estimate of drug-likeness (QED) is 0.525. The molecule has 16 heavy (non-hydrogen) atoms. The summed E-state index contributed by atoms with van der Waals surface area (Å²) in [7, 11) is 0. The summed E-state index contributed by atoms with van der Waals surface area (Å²) in [6, 6.07) is 0. The highest BCUT2D eigenvalue weighted by molar-refractivity contribution is 5.82. The molecule has 1 fully saturated rings.